The van der Waals surface area contributed by atoms with Crippen LogP contribution in [0, 0.1) is 17.8 Å². The molecule has 70 heavy (non-hydrogen) atoms. The Bertz CT molecular complexity index is 1910. The van der Waals surface area contributed by atoms with Crippen molar-refractivity contribution in [3.05, 3.63) is 89.5 Å². The molecule has 3 rings (SSSR count). The lowest BCUT2D eigenvalue weighted by atomic mass is 10.0. The first-order valence-corrected chi connectivity index (χ1v) is 25.6. The third-order valence-corrected chi connectivity index (χ3v) is 11.3. The maximum atomic E-state index is 12.2. The van der Waals surface area contributed by atoms with Gasteiger partial charge in [0.25, 0.3) is 0 Å². The number of ether oxygens (including phenoxy) is 8. The van der Waals surface area contributed by atoms with Crippen molar-refractivity contribution in [2.75, 3.05) is 53.3 Å². The van der Waals surface area contributed by atoms with E-state index in [9.17, 15) is 19.5 Å². The summed E-state index contributed by atoms with van der Waals surface area (Å²) in [5.41, 5.74) is 2.31. The smallest absolute Gasteiger partial charge is 0.330 e. The molecule has 0 saturated carbocycles. The molecule has 390 valence electrons. The van der Waals surface area contributed by atoms with Gasteiger partial charge < -0.3 is 43.0 Å². The Morgan fingerprint density at radius 3 is 1.11 bits per heavy atom. The van der Waals surface area contributed by atoms with Gasteiger partial charge in [0.1, 0.15) is 0 Å². The van der Waals surface area contributed by atoms with Gasteiger partial charge >= 0.3 is 17.9 Å². The van der Waals surface area contributed by atoms with Crippen LogP contribution in [0.15, 0.2) is 72.8 Å². The number of unbranched alkanes of at least 4 members (excludes halogenated alkanes) is 3. The van der Waals surface area contributed by atoms with Crippen molar-refractivity contribution in [3.8, 4) is 34.5 Å². The predicted molar refractivity (Wildman–Crippen MR) is 283 cm³/mol. The molecule has 12 nitrogen and oxygen atoms in total. The Hall–Kier alpha value is -5.33. The van der Waals surface area contributed by atoms with Gasteiger partial charge in [0.15, 0.2) is 34.5 Å². The maximum Gasteiger partial charge on any atom is 0.330 e. The first-order chi connectivity index (χ1) is 33.9. The molecule has 0 heterocycles. The number of benzene rings is 3. The minimum Gasteiger partial charge on any atom is -0.504 e. The average Bonchev–Trinajstić information content (AvgIpc) is 3.38. The molecule has 3 atom stereocenters. The number of carbonyl (C=O) groups is 3. The summed E-state index contributed by atoms with van der Waals surface area (Å²) in [5.74, 6) is 2.55. The number of esters is 3. The summed E-state index contributed by atoms with van der Waals surface area (Å²) >= 11 is 9.53. The van der Waals surface area contributed by atoms with Crippen LogP contribution in [0.5, 0.6) is 34.5 Å². The second-order valence-electron chi connectivity index (χ2n) is 16.4. The van der Waals surface area contributed by atoms with Gasteiger partial charge in [-0.15, -0.1) is 23.2 Å². The fourth-order valence-electron chi connectivity index (χ4n) is 6.70. The van der Waals surface area contributed by atoms with Crippen LogP contribution < -0.4 is 23.7 Å². The number of rotatable bonds is 31. The lowest BCUT2D eigenvalue weighted by molar-refractivity contribution is -0.140. The molecule has 0 aliphatic heterocycles. The van der Waals surface area contributed by atoms with Crippen molar-refractivity contribution in [3.63, 3.8) is 0 Å². The minimum absolute atomic E-state index is 0.0731. The summed E-state index contributed by atoms with van der Waals surface area (Å²) in [4.78, 5) is 36.2. The molecule has 0 amide bonds. The molecule has 1 N–H and O–H groups in total. The average molecular weight is 1020 g/mol. The molecule has 0 bridgehead atoms. The fraction of sp³-hybridized carbons (Fsp3) is 0.518. The predicted octanol–water partition coefficient (Wildman–Crippen LogP) is 14.3. The van der Waals surface area contributed by atoms with Crippen molar-refractivity contribution in [2.45, 2.75) is 119 Å². The highest BCUT2D eigenvalue weighted by molar-refractivity contribution is 6.40. The van der Waals surface area contributed by atoms with Gasteiger partial charge in [0, 0.05) is 18.2 Å². The number of hydrogen-bond donors (Lipinski definition) is 1. The van der Waals surface area contributed by atoms with Gasteiger partial charge in [-0.2, -0.15) is 0 Å². The van der Waals surface area contributed by atoms with E-state index in [1.54, 1.807) is 68.8 Å². The maximum absolute atomic E-state index is 12.2. The van der Waals surface area contributed by atoms with E-state index in [1.807, 2.05) is 12.1 Å². The Morgan fingerprint density at radius 2 is 0.814 bits per heavy atom. The third-order valence-electron chi connectivity index (χ3n) is 11.3. The summed E-state index contributed by atoms with van der Waals surface area (Å²) in [5, 5.41) is 9.71. The van der Waals surface area contributed by atoms with Crippen LogP contribution in [-0.4, -0.2) is 76.3 Å². The standard InChI is InChI=1S/C37H52O8.C18H26O4.CH2Cl2/c1-7-11-13-28(9-3)25-42-36(38)21-17-30-15-19-32(34(23-30)40-5)44-27-45-33-20-16-31(24-35(33)41-6)18-22-37(39)43-26-29(10-4)14-12-8-2;1-4-6-7-14(5-2)13-22-18(20)11-9-15-8-10-16(19)17(12-15)21-3;2-1-3/h15-24,28-29H,7-14,25-27H2,1-6H3;8-12,14,19H,4-7,13H2,1-3H3;1H2. The van der Waals surface area contributed by atoms with Crippen LogP contribution in [-0.2, 0) is 28.6 Å². The number of phenols is 1. The van der Waals surface area contributed by atoms with E-state index in [2.05, 4.69) is 41.5 Å². The summed E-state index contributed by atoms with van der Waals surface area (Å²) in [6.07, 6.45) is 22.4. The van der Waals surface area contributed by atoms with Crippen LogP contribution in [0.25, 0.3) is 18.2 Å². The van der Waals surface area contributed by atoms with E-state index >= 15 is 0 Å². The normalized spacial score (nSPS) is 12.2. The fourth-order valence-corrected chi connectivity index (χ4v) is 6.70. The van der Waals surface area contributed by atoms with Gasteiger partial charge in [-0.1, -0.05) is 118 Å². The molecular formula is C56H80Cl2O12. The molecule has 0 radical (unpaired) electrons. The topological polar surface area (TPSA) is 145 Å². The first kappa shape index (κ1) is 62.7. The van der Waals surface area contributed by atoms with Crippen molar-refractivity contribution < 1.29 is 57.4 Å². The van der Waals surface area contributed by atoms with E-state index in [1.165, 1.54) is 37.8 Å². The summed E-state index contributed by atoms with van der Waals surface area (Å²) in [6, 6.07) is 15.6. The highest BCUT2D eigenvalue weighted by Crippen LogP contribution is 2.32. The number of phenolic OH excluding ortho intramolecular Hbond substituents is 1. The second-order valence-corrected chi connectivity index (χ2v) is 17.2. The van der Waals surface area contributed by atoms with Crippen molar-refractivity contribution >= 4 is 59.3 Å². The Balaban J connectivity index is 0.000000815. The molecular weight excluding hydrogens is 936 g/mol. The first-order valence-electron chi connectivity index (χ1n) is 24.5. The third kappa shape index (κ3) is 27.2. The number of hydrogen-bond acceptors (Lipinski definition) is 12. The molecule has 0 saturated heterocycles. The van der Waals surface area contributed by atoms with Gasteiger partial charge in [0.05, 0.1) is 46.5 Å². The van der Waals surface area contributed by atoms with Crippen LogP contribution >= 0.6 is 23.2 Å². The number of methoxy groups -OCH3 is 3. The largest absolute Gasteiger partial charge is 0.504 e. The Kier molecular flexibility index (Phi) is 35.3. The molecule has 3 aromatic carbocycles. The van der Waals surface area contributed by atoms with E-state index in [-0.39, 0.29) is 35.8 Å². The van der Waals surface area contributed by atoms with E-state index in [4.69, 9.17) is 61.1 Å². The summed E-state index contributed by atoms with van der Waals surface area (Å²) in [7, 11) is 4.58. The van der Waals surface area contributed by atoms with E-state index < -0.39 is 0 Å². The van der Waals surface area contributed by atoms with Crippen LogP contribution in [0.2, 0.25) is 0 Å². The van der Waals surface area contributed by atoms with Gasteiger partial charge in [-0.25, -0.2) is 14.4 Å². The summed E-state index contributed by atoms with van der Waals surface area (Å²) in [6.45, 7) is 14.1. The zero-order chi connectivity index (χ0) is 51.9. The Labute approximate surface area is 428 Å². The van der Waals surface area contributed by atoms with Gasteiger partial charge in [-0.05, 0) is 108 Å². The quantitative estimate of drug-likeness (QED) is 0.0215. The number of halogens is 2. The molecule has 0 spiro atoms. The SMILES string of the molecule is CCCCC(CC)COC(=O)C=Cc1ccc(O)c(OC)c1.CCCCC(CC)COC(=O)C=Cc1ccc(OCOc2ccc(C=CC(=O)OCC(CC)CCCC)cc2OC)c(OC)c1.ClCCl. The van der Waals surface area contributed by atoms with Crippen LogP contribution in [0.4, 0.5) is 0 Å². The molecule has 0 aliphatic carbocycles. The zero-order valence-corrected chi connectivity index (χ0v) is 44.6. The summed E-state index contributed by atoms with van der Waals surface area (Å²) < 4.78 is 43.8. The van der Waals surface area contributed by atoms with Crippen LogP contribution in [0.1, 0.15) is 135 Å². The molecule has 0 aromatic heterocycles. The highest BCUT2D eigenvalue weighted by Gasteiger charge is 2.13. The zero-order valence-electron chi connectivity index (χ0n) is 43.1. The number of aromatic hydroxyl groups is 1. The molecule has 14 heteroatoms. The number of alkyl halides is 2. The molecule has 3 aromatic rings. The van der Waals surface area contributed by atoms with Gasteiger partial charge in [-0.3, -0.25) is 0 Å². The van der Waals surface area contributed by atoms with Gasteiger partial charge in [0.2, 0.25) is 6.79 Å². The Morgan fingerprint density at radius 1 is 0.500 bits per heavy atom. The monoisotopic (exact) mass is 1010 g/mol. The number of carbonyl (C=O) groups excluding carboxylic acids is 3. The van der Waals surface area contributed by atoms with Crippen molar-refractivity contribution in [1.82, 2.24) is 0 Å². The highest BCUT2D eigenvalue weighted by atomic mass is 35.5. The molecule has 0 fully saturated rings. The van der Waals surface area contributed by atoms with Crippen molar-refractivity contribution in [2.24, 2.45) is 17.8 Å². The van der Waals surface area contributed by atoms with Crippen LogP contribution in [0.3, 0.4) is 0 Å². The van der Waals surface area contributed by atoms with Crippen molar-refractivity contribution in [1.29, 1.82) is 0 Å². The molecule has 0 aliphatic rings. The van der Waals surface area contributed by atoms with E-state index in [0.29, 0.717) is 66.3 Å². The molecule has 3 unspecified atom stereocenters. The lowest BCUT2D eigenvalue weighted by Crippen LogP contribution is -2.12. The second kappa shape index (κ2) is 39.4. The van der Waals surface area contributed by atoms with E-state index in [0.717, 1.165) is 87.3 Å². The lowest BCUT2D eigenvalue weighted by Gasteiger charge is -2.14. The minimum atomic E-state index is -0.365.